The van der Waals surface area contributed by atoms with Gasteiger partial charge in [0.15, 0.2) is 11.5 Å². The summed E-state index contributed by atoms with van der Waals surface area (Å²) in [7, 11) is 3.73. The molecule has 3 fully saturated rings. The molecule has 1 N–H and O–H groups in total. The Morgan fingerprint density at radius 2 is 2.03 bits per heavy atom. The molecule has 7 rings (SSSR count). The standard InChI is InChI=1S/C27H30N4O4/c1-30-23(13-22(29-30)20-5-3-4-6-24(20)33-2)21-15-31-10-9-17(21)11-19(31)14-28-27(32)18-7-8-25-26(12-18)35-16-34-25/h3-8,12-13,17,19,21H,9-11,14-16H2,1-2H3,(H,28,32). The number of carbonyl (C=O) groups excluding carboxylic acids is 1. The second-order valence-corrected chi connectivity index (χ2v) is 9.60. The fourth-order valence-corrected chi connectivity index (χ4v) is 5.85. The minimum atomic E-state index is -0.0735. The maximum absolute atomic E-state index is 12.8. The van der Waals surface area contributed by atoms with E-state index in [-0.39, 0.29) is 12.7 Å². The van der Waals surface area contributed by atoms with Crippen molar-refractivity contribution in [3.05, 3.63) is 59.8 Å². The first-order valence-electron chi connectivity index (χ1n) is 12.2. The number of nitrogens with one attached hydrogen (secondary N) is 1. The summed E-state index contributed by atoms with van der Waals surface area (Å²) in [6.07, 6.45) is 2.24. The predicted octanol–water partition coefficient (Wildman–Crippen LogP) is 3.43. The number of aromatic nitrogens is 2. The van der Waals surface area contributed by atoms with Crippen LogP contribution >= 0.6 is 0 Å². The molecule has 4 aliphatic rings. The third-order valence-corrected chi connectivity index (χ3v) is 7.69. The van der Waals surface area contributed by atoms with Gasteiger partial charge < -0.3 is 19.5 Å². The van der Waals surface area contributed by atoms with E-state index in [1.807, 2.05) is 29.9 Å². The van der Waals surface area contributed by atoms with Gasteiger partial charge in [-0.25, -0.2) is 0 Å². The smallest absolute Gasteiger partial charge is 0.251 e. The van der Waals surface area contributed by atoms with E-state index in [0.29, 0.717) is 41.5 Å². The number of benzene rings is 2. The van der Waals surface area contributed by atoms with E-state index in [1.165, 1.54) is 12.1 Å². The second kappa shape index (κ2) is 8.92. The number of piperidine rings is 3. The Labute approximate surface area is 204 Å². The van der Waals surface area contributed by atoms with Gasteiger partial charge in [0.1, 0.15) is 5.75 Å². The molecule has 4 aliphatic heterocycles. The zero-order valence-electron chi connectivity index (χ0n) is 20.1. The van der Waals surface area contributed by atoms with E-state index in [1.54, 1.807) is 25.3 Å². The van der Waals surface area contributed by atoms with Crippen molar-refractivity contribution in [2.45, 2.75) is 24.8 Å². The van der Waals surface area contributed by atoms with Gasteiger partial charge in [-0.15, -0.1) is 0 Å². The molecular weight excluding hydrogens is 444 g/mol. The zero-order chi connectivity index (χ0) is 23.9. The molecule has 4 unspecified atom stereocenters. The Balaban J connectivity index is 1.13. The molecule has 2 bridgehead atoms. The lowest BCUT2D eigenvalue weighted by Crippen LogP contribution is -2.56. The highest BCUT2D eigenvalue weighted by Gasteiger charge is 2.42. The van der Waals surface area contributed by atoms with Crippen molar-refractivity contribution >= 4 is 5.91 Å². The molecule has 1 amide bonds. The summed E-state index contributed by atoms with van der Waals surface area (Å²) in [6.45, 7) is 2.91. The first kappa shape index (κ1) is 22.0. The largest absolute Gasteiger partial charge is 0.496 e. The minimum absolute atomic E-state index is 0.0735. The molecular formula is C27H30N4O4. The Morgan fingerprint density at radius 1 is 1.17 bits per heavy atom. The molecule has 0 spiro atoms. The van der Waals surface area contributed by atoms with E-state index in [2.05, 4.69) is 22.3 Å². The average Bonchev–Trinajstić information content (AvgIpc) is 3.53. The molecule has 35 heavy (non-hydrogen) atoms. The second-order valence-electron chi connectivity index (χ2n) is 9.60. The van der Waals surface area contributed by atoms with Crippen LogP contribution in [0.2, 0.25) is 0 Å². The SMILES string of the molecule is COc1ccccc1-c1cc(C2CN3CCC2CC3CNC(=O)c2ccc3c(c2)OCO3)n(C)n1. The summed E-state index contributed by atoms with van der Waals surface area (Å²) in [5, 5.41) is 7.97. The number of nitrogens with zero attached hydrogens (tertiary/aromatic N) is 3. The highest BCUT2D eigenvalue weighted by atomic mass is 16.7. The molecule has 0 radical (unpaired) electrons. The van der Waals surface area contributed by atoms with Crippen LogP contribution in [0, 0.1) is 5.92 Å². The molecule has 3 saturated heterocycles. The number of fused-ring (bicyclic) bond motifs is 4. The summed E-state index contributed by atoms with van der Waals surface area (Å²) < 4.78 is 18.3. The molecule has 0 aliphatic carbocycles. The van der Waals surface area contributed by atoms with Crippen molar-refractivity contribution < 1.29 is 19.0 Å². The van der Waals surface area contributed by atoms with E-state index >= 15 is 0 Å². The van der Waals surface area contributed by atoms with Gasteiger partial charge in [-0.1, -0.05) is 12.1 Å². The Hall–Kier alpha value is -3.52. The van der Waals surface area contributed by atoms with Crippen molar-refractivity contribution in [1.82, 2.24) is 20.0 Å². The van der Waals surface area contributed by atoms with E-state index < -0.39 is 0 Å². The summed E-state index contributed by atoms with van der Waals surface area (Å²) in [5.41, 5.74) is 3.83. The fourth-order valence-electron chi connectivity index (χ4n) is 5.85. The van der Waals surface area contributed by atoms with Crippen molar-refractivity contribution in [1.29, 1.82) is 0 Å². The summed E-state index contributed by atoms with van der Waals surface area (Å²) in [4.78, 5) is 15.3. The van der Waals surface area contributed by atoms with Crippen molar-refractivity contribution in [3.8, 4) is 28.5 Å². The Bertz CT molecular complexity index is 1260. The van der Waals surface area contributed by atoms with Crippen LogP contribution in [0.5, 0.6) is 17.2 Å². The molecule has 1 aromatic heterocycles. The molecule has 182 valence electrons. The Kier molecular flexibility index (Phi) is 5.60. The third kappa shape index (κ3) is 4.01. The predicted molar refractivity (Wildman–Crippen MR) is 131 cm³/mol. The highest BCUT2D eigenvalue weighted by Crippen LogP contribution is 2.43. The van der Waals surface area contributed by atoms with Crippen molar-refractivity contribution in [2.75, 3.05) is 33.5 Å². The van der Waals surface area contributed by atoms with Crippen LogP contribution < -0.4 is 19.5 Å². The quantitative estimate of drug-likeness (QED) is 0.590. The number of rotatable bonds is 6. The third-order valence-electron chi connectivity index (χ3n) is 7.69. The van der Waals surface area contributed by atoms with Crippen LogP contribution in [0.15, 0.2) is 48.5 Å². The number of carbonyl (C=O) groups is 1. The molecule has 3 aromatic rings. The number of aryl methyl sites for hydroxylation is 1. The fraction of sp³-hybridized carbons (Fsp3) is 0.407. The first-order chi connectivity index (χ1) is 17.1. The highest BCUT2D eigenvalue weighted by molar-refractivity contribution is 5.95. The van der Waals surface area contributed by atoms with Crippen LogP contribution in [0.4, 0.5) is 0 Å². The lowest BCUT2D eigenvalue weighted by molar-refractivity contribution is 0.0280. The molecule has 0 saturated carbocycles. The van der Waals surface area contributed by atoms with Crippen molar-refractivity contribution in [2.24, 2.45) is 13.0 Å². The van der Waals surface area contributed by atoms with Gasteiger partial charge in [0.2, 0.25) is 6.79 Å². The van der Waals surface area contributed by atoms with Crippen LogP contribution in [-0.2, 0) is 7.05 Å². The lowest BCUT2D eigenvalue weighted by atomic mass is 9.74. The van der Waals surface area contributed by atoms with Gasteiger partial charge >= 0.3 is 0 Å². The van der Waals surface area contributed by atoms with Crippen LogP contribution in [0.1, 0.15) is 34.8 Å². The van der Waals surface area contributed by atoms with Crippen LogP contribution in [0.3, 0.4) is 0 Å². The molecule has 5 heterocycles. The number of methoxy groups -OCH3 is 1. The summed E-state index contributed by atoms with van der Waals surface area (Å²) in [6, 6.07) is 15.9. The van der Waals surface area contributed by atoms with Gasteiger partial charge in [-0.05, 0) is 61.7 Å². The first-order valence-corrected chi connectivity index (χ1v) is 12.2. The van der Waals surface area contributed by atoms with E-state index in [4.69, 9.17) is 19.3 Å². The topological polar surface area (TPSA) is 77.9 Å². The maximum atomic E-state index is 12.8. The van der Waals surface area contributed by atoms with Crippen molar-refractivity contribution in [3.63, 3.8) is 0 Å². The van der Waals surface area contributed by atoms with Gasteiger partial charge in [0, 0.05) is 48.9 Å². The number of amides is 1. The normalized spacial score (nSPS) is 24.4. The Morgan fingerprint density at radius 3 is 2.86 bits per heavy atom. The van der Waals surface area contributed by atoms with Gasteiger partial charge in [-0.2, -0.15) is 5.10 Å². The summed E-state index contributed by atoms with van der Waals surface area (Å²) in [5.74, 6) is 3.09. The molecule has 8 nitrogen and oxygen atoms in total. The van der Waals surface area contributed by atoms with E-state index in [0.717, 1.165) is 36.5 Å². The van der Waals surface area contributed by atoms with Gasteiger partial charge in [-0.3, -0.25) is 14.4 Å². The minimum Gasteiger partial charge on any atom is -0.496 e. The number of hydrogen-bond acceptors (Lipinski definition) is 6. The van der Waals surface area contributed by atoms with Crippen LogP contribution in [0.25, 0.3) is 11.3 Å². The molecule has 4 atom stereocenters. The number of para-hydroxylation sites is 1. The monoisotopic (exact) mass is 474 g/mol. The summed E-state index contributed by atoms with van der Waals surface area (Å²) >= 11 is 0. The average molecular weight is 475 g/mol. The molecule has 8 heteroatoms. The van der Waals surface area contributed by atoms with Crippen LogP contribution in [-0.4, -0.2) is 60.2 Å². The number of ether oxygens (including phenoxy) is 3. The van der Waals surface area contributed by atoms with Gasteiger partial charge in [0.25, 0.3) is 5.91 Å². The van der Waals surface area contributed by atoms with E-state index in [9.17, 15) is 4.79 Å². The zero-order valence-corrected chi connectivity index (χ0v) is 20.1. The molecule has 2 aromatic carbocycles. The lowest BCUT2D eigenvalue weighted by Gasteiger charge is -2.50. The van der Waals surface area contributed by atoms with Gasteiger partial charge in [0.05, 0.1) is 12.8 Å². The number of hydrogen-bond donors (Lipinski definition) is 1. The maximum Gasteiger partial charge on any atom is 0.251 e.